The number of benzene rings is 1. The molecule has 1 saturated heterocycles. The lowest BCUT2D eigenvalue weighted by atomic mass is 10.2. The summed E-state index contributed by atoms with van der Waals surface area (Å²) in [6.45, 7) is 4.90. The molecule has 0 unspecified atom stereocenters. The van der Waals surface area contributed by atoms with E-state index in [0.717, 1.165) is 37.9 Å². The Morgan fingerprint density at radius 1 is 1.06 bits per heavy atom. The van der Waals surface area contributed by atoms with Crippen LogP contribution in [0, 0.1) is 0 Å². The van der Waals surface area contributed by atoms with Gasteiger partial charge in [-0.1, -0.05) is 30.7 Å². The second-order valence-electron chi connectivity index (χ2n) is 7.27. The zero-order chi connectivity index (χ0) is 21.2. The van der Waals surface area contributed by atoms with Crippen LogP contribution in [0.2, 0.25) is 0 Å². The van der Waals surface area contributed by atoms with Crippen LogP contribution in [0.1, 0.15) is 37.4 Å². The zero-order valence-electron chi connectivity index (χ0n) is 18.0. The largest absolute Gasteiger partial charge is 0.357 e. The van der Waals surface area contributed by atoms with Crippen LogP contribution in [0.5, 0.6) is 0 Å². The summed E-state index contributed by atoms with van der Waals surface area (Å²) in [6.07, 6.45) is 5.50. The maximum atomic E-state index is 13.1. The van der Waals surface area contributed by atoms with Crippen molar-refractivity contribution in [1.82, 2.24) is 19.9 Å². The Balaban J connectivity index is 0.00000341. The molecule has 0 bridgehead atoms. The Hall–Kier alpha value is -1.72. The number of guanidine groups is 1. The molecule has 1 aromatic carbocycles. The van der Waals surface area contributed by atoms with Crippen LogP contribution in [0.4, 0.5) is 0 Å². The number of halogens is 1. The molecule has 0 atom stereocenters. The van der Waals surface area contributed by atoms with Crippen molar-refractivity contribution < 1.29 is 8.42 Å². The van der Waals surface area contributed by atoms with Gasteiger partial charge < -0.3 is 10.6 Å². The summed E-state index contributed by atoms with van der Waals surface area (Å²) in [5, 5.41) is 6.52. The maximum Gasteiger partial charge on any atom is 0.243 e. The molecular weight excluding hydrogens is 525 g/mol. The molecule has 1 fully saturated rings. The first kappa shape index (κ1) is 25.5. The molecule has 0 amide bonds. The van der Waals surface area contributed by atoms with Gasteiger partial charge in [0.25, 0.3) is 0 Å². The summed E-state index contributed by atoms with van der Waals surface area (Å²) in [5.41, 5.74) is 1.73. The SMILES string of the molecule is CCNC(=NCc1ccccc1S(=O)(=O)N1CCCCC1)NCCc1ccccn1.I. The molecule has 9 heteroatoms. The van der Waals surface area contributed by atoms with E-state index in [2.05, 4.69) is 20.6 Å². The number of nitrogens with zero attached hydrogens (tertiary/aromatic N) is 3. The van der Waals surface area contributed by atoms with Crippen LogP contribution in [-0.2, 0) is 23.0 Å². The second kappa shape index (κ2) is 13.0. The summed E-state index contributed by atoms with van der Waals surface area (Å²) in [4.78, 5) is 9.31. The van der Waals surface area contributed by atoms with E-state index in [1.54, 1.807) is 22.6 Å². The molecular formula is C22H32IN5O2S. The normalized spacial score (nSPS) is 15.2. The molecule has 0 aliphatic carbocycles. The van der Waals surface area contributed by atoms with Crippen molar-refractivity contribution in [3.63, 3.8) is 0 Å². The highest BCUT2D eigenvalue weighted by Gasteiger charge is 2.27. The number of piperidine rings is 1. The smallest absolute Gasteiger partial charge is 0.243 e. The molecule has 1 aromatic heterocycles. The van der Waals surface area contributed by atoms with Crippen molar-refractivity contribution in [3.05, 3.63) is 59.9 Å². The van der Waals surface area contributed by atoms with Crippen LogP contribution >= 0.6 is 24.0 Å². The third-order valence-corrected chi connectivity index (χ3v) is 7.06. The number of aliphatic imine (C=N–C) groups is 1. The molecule has 3 rings (SSSR count). The average Bonchev–Trinajstić information content (AvgIpc) is 2.79. The number of pyridine rings is 1. The highest BCUT2D eigenvalue weighted by molar-refractivity contribution is 14.0. The Morgan fingerprint density at radius 3 is 2.52 bits per heavy atom. The molecule has 170 valence electrons. The minimum atomic E-state index is -3.49. The number of rotatable bonds is 8. The first-order chi connectivity index (χ1) is 14.6. The maximum absolute atomic E-state index is 13.1. The van der Waals surface area contributed by atoms with Crippen molar-refractivity contribution in [2.24, 2.45) is 4.99 Å². The molecule has 1 aliphatic rings. The molecule has 1 aliphatic heterocycles. The quantitative estimate of drug-likeness (QED) is 0.296. The predicted molar refractivity (Wildman–Crippen MR) is 135 cm³/mol. The van der Waals surface area contributed by atoms with Crippen LogP contribution in [0.3, 0.4) is 0 Å². The van der Waals surface area contributed by atoms with Gasteiger partial charge in [-0.2, -0.15) is 4.31 Å². The van der Waals surface area contributed by atoms with Crippen molar-refractivity contribution in [2.45, 2.75) is 44.0 Å². The third kappa shape index (κ3) is 7.43. The topological polar surface area (TPSA) is 86.7 Å². The monoisotopic (exact) mass is 557 g/mol. The molecule has 0 radical (unpaired) electrons. The zero-order valence-corrected chi connectivity index (χ0v) is 21.1. The number of nitrogens with one attached hydrogen (secondary N) is 2. The van der Waals surface area contributed by atoms with Gasteiger partial charge in [0, 0.05) is 44.5 Å². The van der Waals surface area contributed by atoms with E-state index in [0.29, 0.717) is 42.6 Å². The highest BCUT2D eigenvalue weighted by atomic mass is 127. The lowest BCUT2D eigenvalue weighted by molar-refractivity contribution is 0.346. The fourth-order valence-electron chi connectivity index (χ4n) is 3.49. The number of sulfonamides is 1. The van der Waals surface area contributed by atoms with Gasteiger partial charge in [0.2, 0.25) is 10.0 Å². The van der Waals surface area contributed by atoms with Gasteiger partial charge >= 0.3 is 0 Å². The number of aromatic nitrogens is 1. The van der Waals surface area contributed by atoms with Crippen molar-refractivity contribution in [3.8, 4) is 0 Å². The molecule has 0 saturated carbocycles. The minimum Gasteiger partial charge on any atom is -0.357 e. The van der Waals surface area contributed by atoms with Gasteiger partial charge in [0.05, 0.1) is 11.4 Å². The van der Waals surface area contributed by atoms with Gasteiger partial charge in [-0.05, 0) is 43.5 Å². The first-order valence-electron chi connectivity index (χ1n) is 10.6. The van der Waals surface area contributed by atoms with Gasteiger partial charge in [0.15, 0.2) is 5.96 Å². The van der Waals surface area contributed by atoms with Crippen molar-refractivity contribution in [2.75, 3.05) is 26.2 Å². The van der Waals surface area contributed by atoms with E-state index < -0.39 is 10.0 Å². The van der Waals surface area contributed by atoms with E-state index in [4.69, 9.17) is 0 Å². The standard InChI is InChI=1S/C22H31N5O2S.HI/c1-2-23-22(25-15-13-20-11-6-7-14-24-20)26-18-19-10-4-5-12-21(19)30(28,29)27-16-8-3-9-17-27;/h4-7,10-12,14H,2-3,8-9,13,15-18H2,1H3,(H2,23,25,26);1H. The van der Waals surface area contributed by atoms with Crippen LogP contribution in [0.15, 0.2) is 58.5 Å². The van der Waals surface area contributed by atoms with E-state index in [1.807, 2.05) is 37.3 Å². The van der Waals surface area contributed by atoms with Crippen molar-refractivity contribution >= 4 is 40.0 Å². The predicted octanol–water partition coefficient (Wildman–Crippen LogP) is 3.17. The van der Waals surface area contributed by atoms with Gasteiger partial charge in [0.1, 0.15) is 0 Å². The number of hydrogen-bond donors (Lipinski definition) is 2. The molecule has 2 aromatic rings. The molecule has 7 nitrogen and oxygen atoms in total. The van der Waals surface area contributed by atoms with Crippen molar-refractivity contribution in [1.29, 1.82) is 0 Å². The van der Waals surface area contributed by atoms with Gasteiger partial charge in [-0.15, -0.1) is 24.0 Å². The average molecular weight is 558 g/mol. The Bertz CT molecular complexity index is 932. The summed E-state index contributed by atoms with van der Waals surface area (Å²) >= 11 is 0. The minimum absolute atomic E-state index is 0. The summed E-state index contributed by atoms with van der Waals surface area (Å²) in [5.74, 6) is 0.665. The lowest BCUT2D eigenvalue weighted by Gasteiger charge is -2.26. The van der Waals surface area contributed by atoms with Gasteiger partial charge in [-0.25, -0.2) is 13.4 Å². The molecule has 0 spiro atoms. The Morgan fingerprint density at radius 2 is 1.81 bits per heavy atom. The van der Waals surface area contributed by atoms with Gasteiger partial charge in [-0.3, -0.25) is 4.98 Å². The Labute approximate surface area is 202 Å². The summed E-state index contributed by atoms with van der Waals surface area (Å²) < 4.78 is 27.9. The van der Waals surface area contributed by atoms with E-state index >= 15 is 0 Å². The molecule has 2 N–H and O–H groups in total. The lowest BCUT2D eigenvalue weighted by Crippen LogP contribution is -2.38. The summed E-state index contributed by atoms with van der Waals surface area (Å²) in [6, 6.07) is 13.0. The van der Waals surface area contributed by atoms with Crippen LogP contribution in [0.25, 0.3) is 0 Å². The van der Waals surface area contributed by atoms with Crippen LogP contribution in [-0.4, -0.2) is 49.8 Å². The van der Waals surface area contributed by atoms with E-state index in [1.165, 1.54) is 0 Å². The Kier molecular flexibility index (Phi) is 10.7. The molecule has 31 heavy (non-hydrogen) atoms. The number of hydrogen-bond acceptors (Lipinski definition) is 4. The van der Waals surface area contributed by atoms with E-state index in [-0.39, 0.29) is 24.0 Å². The highest BCUT2D eigenvalue weighted by Crippen LogP contribution is 2.24. The first-order valence-corrected chi connectivity index (χ1v) is 12.1. The molecule has 2 heterocycles. The second-order valence-corrected chi connectivity index (χ2v) is 9.17. The fourth-order valence-corrected chi connectivity index (χ4v) is 5.22. The van der Waals surface area contributed by atoms with E-state index in [9.17, 15) is 8.42 Å². The summed E-state index contributed by atoms with van der Waals surface area (Å²) in [7, 11) is -3.49. The fraction of sp³-hybridized carbons (Fsp3) is 0.455. The third-order valence-electron chi connectivity index (χ3n) is 5.06. The van der Waals surface area contributed by atoms with Crippen LogP contribution < -0.4 is 10.6 Å².